The minimum absolute atomic E-state index is 0.00895. The summed E-state index contributed by atoms with van der Waals surface area (Å²) in [6.07, 6.45) is 5.21. The molecule has 268 valence electrons. The van der Waals surface area contributed by atoms with Crippen molar-refractivity contribution in [3.63, 3.8) is 0 Å². The largest absolute Gasteiger partial charge is 0.344 e. The molecule has 0 radical (unpaired) electrons. The number of amides is 6. The molecule has 1 heterocycles. The van der Waals surface area contributed by atoms with Gasteiger partial charge in [0, 0.05) is 6.54 Å². The predicted molar refractivity (Wildman–Crippen MR) is 185 cm³/mol. The van der Waals surface area contributed by atoms with Crippen molar-refractivity contribution in [3.05, 3.63) is 71.8 Å². The van der Waals surface area contributed by atoms with Gasteiger partial charge in [-0.15, -0.1) is 0 Å². The number of likely N-dealkylation sites (N-methyl/N-ethyl adjacent to an activating group) is 1. The van der Waals surface area contributed by atoms with Crippen molar-refractivity contribution >= 4 is 41.2 Å². The summed E-state index contributed by atoms with van der Waals surface area (Å²) < 4.78 is 0. The van der Waals surface area contributed by atoms with Gasteiger partial charge in [0.05, 0.1) is 25.2 Å². The van der Waals surface area contributed by atoms with Crippen LogP contribution in [0, 0.1) is 5.92 Å². The van der Waals surface area contributed by atoms with Crippen LogP contribution in [0.1, 0.15) is 76.0 Å². The van der Waals surface area contributed by atoms with Crippen LogP contribution in [0.3, 0.4) is 0 Å². The lowest BCUT2D eigenvalue weighted by Gasteiger charge is -2.32. The molecule has 4 unspecified atom stereocenters. The molecule has 4 atom stereocenters. The quantitative estimate of drug-likeness (QED) is 0.195. The molecule has 2 aromatic carbocycles. The molecule has 2 aromatic rings. The van der Waals surface area contributed by atoms with E-state index in [0.717, 1.165) is 42.6 Å². The predicted octanol–water partition coefficient (Wildman–Crippen LogP) is 2.40. The Morgan fingerprint density at radius 2 is 1.52 bits per heavy atom. The Bertz CT molecular complexity index is 1530. The second-order valence-corrected chi connectivity index (χ2v) is 13.0. The van der Waals surface area contributed by atoms with Gasteiger partial charge in [0.15, 0.2) is 5.78 Å². The van der Waals surface area contributed by atoms with Crippen LogP contribution in [-0.2, 0) is 35.3 Å². The zero-order chi connectivity index (χ0) is 36.2. The Morgan fingerprint density at radius 1 is 0.880 bits per heavy atom. The normalized spacial score (nSPS) is 18.1. The topological polar surface area (TPSA) is 174 Å². The van der Waals surface area contributed by atoms with E-state index in [1.165, 1.54) is 11.8 Å². The van der Waals surface area contributed by atoms with Gasteiger partial charge >= 0.3 is 6.03 Å². The van der Waals surface area contributed by atoms with Crippen LogP contribution in [0.2, 0.25) is 0 Å². The van der Waals surface area contributed by atoms with Crippen LogP contribution in [-0.4, -0.2) is 89.3 Å². The van der Waals surface area contributed by atoms with E-state index in [0.29, 0.717) is 12.0 Å². The first kappa shape index (κ1) is 37.9. The number of nitrogens with one attached hydrogen (secondary N) is 4. The molecule has 1 aliphatic carbocycles. The third kappa shape index (κ3) is 9.62. The van der Waals surface area contributed by atoms with E-state index in [4.69, 9.17) is 0 Å². The lowest BCUT2D eigenvalue weighted by Crippen LogP contribution is -2.58. The van der Waals surface area contributed by atoms with Crippen molar-refractivity contribution < 1.29 is 33.6 Å². The third-order valence-electron chi connectivity index (χ3n) is 9.32. The maximum absolute atomic E-state index is 14.1. The average molecular weight is 689 g/mol. The van der Waals surface area contributed by atoms with Gasteiger partial charge in [-0.25, -0.2) is 9.69 Å². The van der Waals surface area contributed by atoms with Crippen LogP contribution >= 0.6 is 0 Å². The fourth-order valence-corrected chi connectivity index (χ4v) is 6.72. The molecule has 1 saturated heterocycles. The van der Waals surface area contributed by atoms with Gasteiger partial charge in [0.1, 0.15) is 12.1 Å². The molecule has 0 bridgehead atoms. The Morgan fingerprint density at radius 3 is 2.12 bits per heavy atom. The van der Waals surface area contributed by atoms with Crippen molar-refractivity contribution in [1.29, 1.82) is 0 Å². The van der Waals surface area contributed by atoms with Gasteiger partial charge in [-0.1, -0.05) is 93.3 Å². The second kappa shape index (κ2) is 18.2. The smallest absolute Gasteiger partial charge is 0.327 e. The number of rotatable bonds is 16. The summed E-state index contributed by atoms with van der Waals surface area (Å²) in [6, 6.07) is 13.1. The summed E-state index contributed by atoms with van der Waals surface area (Å²) in [5, 5.41) is 10.6. The summed E-state index contributed by atoms with van der Waals surface area (Å²) in [4.78, 5) is 95.3. The fraction of sp³-hybridized carbons (Fsp3) is 0.486. The number of nitrogens with zero attached hydrogens (tertiary/aromatic N) is 2. The molecule has 2 aliphatic rings. The highest BCUT2D eigenvalue weighted by atomic mass is 16.2. The van der Waals surface area contributed by atoms with E-state index < -0.39 is 66.2 Å². The first-order valence-electron chi connectivity index (χ1n) is 17.4. The molecule has 50 heavy (non-hydrogen) atoms. The lowest BCUT2D eigenvalue weighted by molar-refractivity contribution is -0.142. The molecule has 4 N–H and O–H groups in total. The Labute approximate surface area is 292 Å². The van der Waals surface area contributed by atoms with E-state index in [1.807, 2.05) is 30.3 Å². The van der Waals surface area contributed by atoms with E-state index in [1.54, 1.807) is 44.3 Å². The fourth-order valence-electron chi connectivity index (χ4n) is 6.72. The zero-order valence-corrected chi connectivity index (χ0v) is 29.0. The minimum atomic E-state index is -1.27. The number of carbonyl (C=O) groups is 7. The monoisotopic (exact) mass is 688 g/mol. The van der Waals surface area contributed by atoms with E-state index in [2.05, 4.69) is 21.3 Å². The van der Waals surface area contributed by atoms with Gasteiger partial charge in [-0.05, 0) is 50.3 Å². The molecule has 1 aliphatic heterocycles. The SMILES string of the molecule is CCCC(NC(=O)C1CN(Cc2ccccc2)C(=O)N1C(=O)C(NC)C1CCCCC1)C(=O)C(=O)NCC(=O)NC(C(C)=O)c1ccccc1. The van der Waals surface area contributed by atoms with Crippen LogP contribution in [0.4, 0.5) is 4.79 Å². The van der Waals surface area contributed by atoms with Gasteiger partial charge in [0.2, 0.25) is 23.5 Å². The van der Waals surface area contributed by atoms with Gasteiger partial charge in [-0.3, -0.25) is 28.8 Å². The van der Waals surface area contributed by atoms with Gasteiger partial charge < -0.3 is 26.2 Å². The van der Waals surface area contributed by atoms with Crippen molar-refractivity contribution in [3.8, 4) is 0 Å². The molecule has 0 spiro atoms. The van der Waals surface area contributed by atoms with Crippen molar-refractivity contribution in [2.75, 3.05) is 20.1 Å². The lowest BCUT2D eigenvalue weighted by atomic mass is 9.83. The number of ketones is 2. The molecule has 13 nitrogen and oxygen atoms in total. The number of Topliss-reactive ketones (excluding diaryl/α,β-unsaturated/α-hetero) is 2. The van der Waals surface area contributed by atoms with Crippen LogP contribution in [0.25, 0.3) is 0 Å². The maximum Gasteiger partial charge on any atom is 0.327 e. The number of hydrogen-bond acceptors (Lipinski definition) is 8. The Balaban J connectivity index is 1.46. The third-order valence-corrected chi connectivity index (χ3v) is 9.32. The van der Waals surface area contributed by atoms with Crippen LogP contribution in [0.15, 0.2) is 60.7 Å². The molecular formula is C37H48N6O7. The van der Waals surface area contributed by atoms with Crippen molar-refractivity contribution in [2.24, 2.45) is 5.92 Å². The number of hydrogen-bond donors (Lipinski definition) is 4. The first-order chi connectivity index (χ1) is 24.0. The van der Waals surface area contributed by atoms with Crippen LogP contribution < -0.4 is 21.3 Å². The average Bonchev–Trinajstić information content (AvgIpc) is 3.45. The number of carbonyl (C=O) groups excluding carboxylic acids is 7. The number of benzene rings is 2. The summed E-state index contributed by atoms with van der Waals surface area (Å²) in [7, 11) is 1.67. The molecule has 6 amide bonds. The standard InChI is InChI=1S/C37H48N6O7/c1-4-14-28(33(46)35(48)39-21-30(45)41-31(24(2)44)26-17-10-6-11-18-26)40-34(47)29-23-42(22-25-15-8-5-9-16-25)37(50)43(29)36(49)32(38-3)27-19-12-7-13-20-27/h5-6,8-11,15-18,27-29,31-32,38H,4,7,12-14,19-23H2,1-3H3,(H,39,48)(H,40,47)(H,41,45). The molecule has 4 rings (SSSR count). The van der Waals surface area contributed by atoms with Crippen molar-refractivity contribution in [1.82, 2.24) is 31.1 Å². The highest BCUT2D eigenvalue weighted by Crippen LogP contribution is 2.29. The molecule has 13 heteroatoms. The summed E-state index contributed by atoms with van der Waals surface area (Å²) in [5.74, 6) is -4.27. The van der Waals surface area contributed by atoms with Gasteiger partial charge in [0.25, 0.3) is 5.91 Å². The Kier molecular flexibility index (Phi) is 13.8. The molecule has 0 aromatic heterocycles. The maximum atomic E-state index is 14.1. The number of urea groups is 1. The zero-order valence-electron chi connectivity index (χ0n) is 29.0. The highest BCUT2D eigenvalue weighted by Gasteiger charge is 2.48. The Hall–Kier alpha value is -4.91. The molecule has 1 saturated carbocycles. The van der Waals surface area contributed by atoms with E-state index in [-0.39, 0.29) is 31.2 Å². The minimum Gasteiger partial charge on any atom is -0.344 e. The number of imide groups is 1. The van der Waals surface area contributed by atoms with E-state index in [9.17, 15) is 33.6 Å². The summed E-state index contributed by atoms with van der Waals surface area (Å²) >= 11 is 0. The van der Waals surface area contributed by atoms with Crippen molar-refractivity contribution in [2.45, 2.75) is 89.5 Å². The summed E-state index contributed by atoms with van der Waals surface area (Å²) in [6.45, 7) is 2.62. The van der Waals surface area contributed by atoms with Crippen LogP contribution in [0.5, 0.6) is 0 Å². The van der Waals surface area contributed by atoms with Gasteiger partial charge in [-0.2, -0.15) is 0 Å². The second-order valence-electron chi connectivity index (χ2n) is 13.0. The molecule has 2 fully saturated rings. The summed E-state index contributed by atoms with van der Waals surface area (Å²) in [5.41, 5.74) is 1.39. The highest BCUT2D eigenvalue weighted by molar-refractivity contribution is 6.38. The first-order valence-corrected chi connectivity index (χ1v) is 17.4. The molecular weight excluding hydrogens is 640 g/mol. The van der Waals surface area contributed by atoms with E-state index >= 15 is 0 Å².